The Balaban J connectivity index is 1.77. The highest BCUT2D eigenvalue weighted by molar-refractivity contribution is 5.76. The molecular formula is C63H105NO13. The third kappa shape index (κ3) is 33.1. The van der Waals surface area contributed by atoms with Crippen LogP contribution in [-0.2, 0) is 23.7 Å². The maximum atomic E-state index is 13.3. The number of amides is 1. The first kappa shape index (κ1) is 69.8. The monoisotopic (exact) mass is 1080 g/mol. The third-order valence-corrected chi connectivity index (χ3v) is 13.7. The summed E-state index contributed by atoms with van der Waals surface area (Å²) in [5.74, 6) is -0.268. The van der Waals surface area contributed by atoms with Gasteiger partial charge in [0.2, 0.25) is 5.91 Å². The Morgan fingerprint density at radius 1 is 0.481 bits per heavy atom. The van der Waals surface area contributed by atoms with E-state index in [2.05, 4.69) is 116 Å². The summed E-state index contributed by atoms with van der Waals surface area (Å²) in [6.07, 6.45) is 49.8. The number of carbonyl (C=O) groups is 1. The number of ether oxygens (including phenoxy) is 4. The molecule has 0 bridgehead atoms. The summed E-state index contributed by atoms with van der Waals surface area (Å²) in [4.78, 5) is 13.3. The molecule has 0 radical (unpaired) electrons. The number of unbranched alkanes of at least 4 members (excludes halogenated alkanes) is 16. The third-order valence-electron chi connectivity index (χ3n) is 13.7. The Bertz CT molecular complexity index is 1700. The molecule has 0 aromatic rings. The van der Waals surface area contributed by atoms with E-state index < -0.39 is 86.8 Å². The Morgan fingerprint density at radius 2 is 0.909 bits per heavy atom. The molecule has 2 aliphatic heterocycles. The average molecular weight is 1080 g/mol. The molecule has 0 spiro atoms. The van der Waals surface area contributed by atoms with Gasteiger partial charge in [0.1, 0.15) is 48.8 Å². The van der Waals surface area contributed by atoms with Crippen LogP contribution in [0.5, 0.6) is 0 Å². The van der Waals surface area contributed by atoms with Gasteiger partial charge in [-0.2, -0.15) is 0 Å². The number of carbonyl (C=O) groups excluding carboxylic acids is 1. The van der Waals surface area contributed by atoms with Gasteiger partial charge in [-0.25, -0.2) is 0 Å². The largest absolute Gasteiger partial charge is 0.394 e. The van der Waals surface area contributed by atoms with E-state index in [4.69, 9.17) is 18.9 Å². The molecule has 14 heteroatoms. The minimum Gasteiger partial charge on any atom is -0.394 e. The summed E-state index contributed by atoms with van der Waals surface area (Å²) in [7, 11) is 0. The highest BCUT2D eigenvalue weighted by Crippen LogP contribution is 2.30. The zero-order valence-electron chi connectivity index (χ0n) is 47.2. The van der Waals surface area contributed by atoms with Crippen molar-refractivity contribution >= 4 is 5.91 Å². The second-order valence-corrected chi connectivity index (χ2v) is 20.4. The van der Waals surface area contributed by atoms with E-state index in [0.29, 0.717) is 12.8 Å². The van der Waals surface area contributed by atoms with Crippen molar-refractivity contribution < 1.29 is 64.6 Å². The van der Waals surface area contributed by atoms with Crippen LogP contribution in [0.15, 0.2) is 109 Å². The molecule has 77 heavy (non-hydrogen) atoms. The van der Waals surface area contributed by atoms with Gasteiger partial charge >= 0.3 is 0 Å². The molecule has 0 aromatic heterocycles. The van der Waals surface area contributed by atoms with Crippen molar-refractivity contribution in [3.8, 4) is 0 Å². The fourth-order valence-electron chi connectivity index (χ4n) is 8.91. The number of rotatable bonds is 45. The predicted molar refractivity (Wildman–Crippen MR) is 309 cm³/mol. The molecule has 2 fully saturated rings. The van der Waals surface area contributed by atoms with Crippen molar-refractivity contribution in [3.05, 3.63) is 109 Å². The normalized spacial score (nSPS) is 25.5. The van der Waals surface area contributed by atoms with Crippen LogP contribution in [0.2, 0.25) is 0 Å². The zero-order chi connectivity index (χ0) is 56.0. The van der Waals surface area contributed by atoms with Crippen molar-refractivity contribution in [2.24, 2.45) is 0 Å². The predicted octanol–water partition coefficient (Wildman–Crippen LogP) is 10.1. The molecule has 12 unspecified atom stereocenters. The first-order valence-corrected chi connectivity index (χ1v) is 29.6. The van der Waals surface area contributed by atoms with E-state index in [0.717, 1.165) is 96.3 Å². The topological polar surface area (TPSA) is 228 Å². The molecule has 1 amide bonds. The highest BCUT2D eigenvalue weighted by Gasteiger charge is 2.51. The van der Waals surface area contributed by atoms with E-state index in [9.17, 15) is 45.6 Å². The molecule has 14 nitrogen and oxygen atoms in total. The molecule has 0 aliphatic carbocycles. The van der Waals surface area contributed by atoms with Gasteiger partial charge in [0.15, 0.2) is 12.6 Å². The summed E-state index contributed by atoms with van der Waals surface area (Å²) in [6.45, 7) is 2.62. The number of nitrogens with one attached hydrogen (secondary N) is 1. The molecule has 440 valence electrons. The smallest absolute Gasteiger partial charge is 0.220 e. The van der Waals surface area contributed by atoms with Crippen LogP contribution in [0.3, 0.4) is 0 Å². The first-order chi connectivity index (χ1) is 37.6. The van der Waals surface area contributed by atoms with Crippen LogP contribution in [0.4, 0.5) is 0 Å². The summed E-state index contributed by atoms with van der Waals surface area (Å²) < 4.78 is 22.7. The molecule has 0 saturated carbocycles. The van der Waals surface area contributed by atoms with Gasteiger partial charge in [-0.15, -0.1) is 0 Å². The van der Waals surface area contributed by atoms with Crippen molar-refractivity contribution in [3.63, 3.8) is 0 Å². The van der Waals surface area contributed by atoms with Crippen molar-refractivity contribution in [2.45, 2.75) is 261 Å². The summed E-state index contributed by atoms with van der Waals surface area (Å²) in [5, 5.41) is 87.0. The van der Waals surface area contributed by atoms with Crippen molar-refractivity contribution in [2.75, 3.05) is 19.8 Å². The molecule has 9 N–H and O–H groups in total. The lowest BCUT2D eigenvalue weighted by Crippen LogP contribution is -2.65. The van der Waals surface area contributed by atoms with E-state index in [1.807, 2.05) is 6.08 Å². The standard InChI is InChI=1S/C63H105NO13/c1-3-5-7-9-11-13-15-17-19-21-22-23-24-25-26-27-28-29-30-31-33-35-37-39-41-43-45-47-55(68)64-51(52(67)46-44-42-40-38-36-34-32-20-18-16-14-12-10-8-6-4-2)50-74-62-60(73)58(71)61(54(49-66)76-62)77-63-59(72)57(70)56(69)53(48-65)75-63/h5,7,11,13,17-20,22-23,25-26,28-29,36,38,44,46,51-54,56-63,65-67,69-73H,3-4,6,8-10,12,14-16,21,24,27,30-35,37,39-43,45,47-50H2,1-2H3,(H,64,68)/b7-5-,13-11-,19-17-,20-18+,23-22-,26-25-,29-28-,38-36+,46-44+. The van der Waals surface area contributed by atoms with Gasteiger partial charge in [-0.1, -0.05) is 194 Å². The molecule has 2 heterocycles. The van der Waals surface area contributed by atoms with Crippen LogP contribution >= 0.6 is 0 Å². The van der Waals surface area contributed by atoms with Gasteiger partial charge in [0.05, 0.1) is 32.0 Å². The Labute approximate surface area is 464 Å². The Hall–Kier alpha value is -3.35. The van der Waals surface area contributed by atoms with E-state index in [1.165, 1.54) is 57.8 Å². The molecule has 2 saturated heterocycles. The van der Waals surface area contributed by atoms with E-state index in [-0.39, 0.29) is 18.9 Å². The maximum Gasteiger partial charge on any atom is 0.220 e. The lowest BCUT2D eigenvalue weighted by molar-refractivity contribution is -0.359. The van der Waals surface area contributed by atoms with Crippen LogP contribution in [0, 0.1) is 0 Å². The number of aliphatic hydroxyl groups is 8. The Kier molecular flexibility index (Phi) is 43.0. The fraction of sp³-hybridized carbons (Fsp3) is 0.698. The van der Waals surface area contributed by atoms with Crippen LogP contribution in [0.25, 0.3) is 0 Å². The minimum absolute atomic E-state index is 0.253. The average Bonchev–Trinajstić information content (AvgIpc) is 3.43. The fourth-order valence-corrected chi connectivity index (χ4v) is 8.91. The van der Waals surface area contributed by atoms with Gasteiger partial charge < -0.3 is 65.1 Å². The molecule has 2 rings (SSSR count). The maximum absolute atomic E-state index is 13.3. The number of aliphatic hydroxyl groups excluding tert-OH is 8. The van der Waals surface area contributed by atoms with Gasteiger partial charge in [0, 0.05) is 6.42 Å². The van der Waals surface area contributed by atoms with Gasteiger partial charge in [-0.3, -0.25) is 4.79 Å². The second kappa shape index (κ2) is 47.5. The molecule has 12 atom stereocenters. The minimum atomic E-state index is -1.80. The van der Waals surface area contributed by atoms with Crippen molar-refractivity contribution in [1.82, 2.24) is 5.32 Å². The van der Waals surface area contributed by atoms with Crippen molar-refractivity contribution in [1.29, 1.82) is 0 Å². The van der Waals surface area contributed by atoms with Gasteiger partial charge in [-0.05, 0) is 96.3 Å². The van der Waals surface area contributed by atoms with Crippen LogP contribution in [-0.4, -0.2) is 140 Å². The SMILES string of the molecule is CC/C=C\C/C=C\C/C=C\C/C=C\C/C=C\C/C=C\CCCCCCCCCCC(=O)NC(COC1OC(CO)C(OC2OC(CO)C(O)C(O)C2O)C(O)C1O)C(O)/C=C/CC/C=C/CC/C=C/CCCCCCCC. The lowest BCUT2D eigenvalue weighted by Gasteiger charge is -2.46. The highest BCUT2D eigenvalue weighted by atomic mass is 16.7. The first-order valence-electron chi connectivity index (χ1n) is 29.6. The summed E-state index contributed by atoms with van der Waals surface area (Å²) >= 11 is 0. The molecule has 0 aromatic carbocycles. The van der Waals surface area contributed by atoms with Crippen LogP contribution < -0.4 is 5.32 Å². The summed E-state index contributed by atoms with van der Waals surface area (Å²) in [6, 6.07) is -0.950. The Morgan fingerprint density at radius 3 is 1.43 bits per heavy atom. The number of hydrogen-bond acceptors (Lipinski definition) is 13. The van der Waals surface area contributed by atoms with Crippen LogP contribution in [0.1, 0.15) is 187 Å². The number of allylic oxidation sites excluding steroid dienone is 17. The second-order valence-electron chi connectivity index (χ2n) is 20.4. The quantitative estimate of drug-likeness (QED) is 0.0205. The van der Waals surface area contributed by atoms with Gasteiger partial charge in [0.25, 0.3) is 0 Å². The van der Waals surface area contributed by atoms with E-state index >= 15 is 0 Å². The summed E-state index contributed by atoms with van der Waals surface area (Å²) in [5.41, 5.74) is 0. The molecule has 2 aliphatic rings. The molecular weight excluding hydrogens is 979 g/mol. The van der Waals surface area contributed by atoms with E-state index in [1.54, 1.807) is 6.08 Å². The lowest BCUT2D eigenvalue weighted by atomic mass is 9.97. The zero-order valence-corrected chi connectivity index (χ0v) is 47.2. The number of hydrogen-bond donors (Lipinski definition) is 9.